The fraction of sp³-hybridized carbons (Fsp3) is 0.615. The molecule has 0 unspecified atom stereocenters. The van der Waals surface area contributed by atoms with Crippen LogP contribution in [0.1, 0.15) is 26.7 Å². The van der Waals surface area contributed by atoms with E-state index in [-0.39, 0.29) is 12.3 Å². The van der Waals surface area contributed by atoms with Gasteiger partial charge in [-0.3, -0.25) is 10.1 Å². The van der Waals surface area contributed by atoms with E-state index >= 15 is 0 Å². The van der Waals surface area contributed by atoms with Gasteiger partial charge in [-0.05, 0) is 13.3 Å². The lowest BCUT2D eigenvalue weighted by molar-refractivity contribution is -0.384. The standard InChI is InChI=1S/C13H22N4O3/c1-3-5-6-16(7-8-18)13-10-11(17(19)20)9-12(15-13)14-4-2/h9-10,18H,3-8H2,1-2H3,(H,14,15). The van der Waals surface area contributed by atoms with Crippen molar-refractivity contribution in [3.05, 3.63) is 22.2 Å². The van der Waals surface area contributed by atoms with Crippen LogP contribution in [-0.4, -0.2) is 41.3 Å². The topological polar surface area (TPSA) is 91.5 Å². The third-order valence-corrected chi connectivity index (χ3v) is 2.84. The van der Waals surface area contributed by atoms with E-state index in [9.17, 15) is 10.1 Å². The van der Waals surface area contributed by atoms with Crippen molar-refractivity contribution in [2.45, 2.75) is 26.7 Å². The number of aromatic nitrogens is 1. The van der Waals surface area contributed by atoms with Crippen LogP contribution in [0.2, 0.25) is 0 Å². The Kier molecular flexibility index (Phi) is 6.72. The van der Waals surface area contributed by atoms with Crippen molar-refractivity contribution < 1.29 is 10.0 Å². The zero-order valence-electron chi connectivity index (χ0n) is 12.0. The summed E-state index contributed by atoms with van der Waals surface area (Å²) < 4.78 is 0. The predicted octanol–water partition coefficient (Wildman–Crippen LogP) is 2.02. The molecule has 0 saturated heterocycles. The molecule has 0 aromatic carbocycles. The van der Waals surface area contributed by atoms with Crippen molar-refractivity contribution in [3.8, 4) is 0 Å². The molecule has 0 fully saturated rings. The Balaban J connectivity index is 3.07. The minimum atomic E-state index is -0.428. The van der Waals surface area contributed by atoms with Crippen molar-refractivity contribution in [2.24, 2.45) is 0 Å². The van der Waals surface area contributed by atoms with Gasteiger partial charge in [-0.15, -0.1) is 0 Å². The second-order valence-corrected chi connectivity index (χ2v) is 4.42. The van der Waals surface area contributed by atoms with E-state index in [2.05, 4.69) is 17.2 Å². The Bertz CT molecular complexity index is 440. The molecule has 1 aromatic heterocycles. The van der Waals surface area contributed by atoms with Gasteiger partial charge in [0.15, 0.2) is 0 Å². The SMILES string of the molecule is CCCCN(CCO)c1cc([N+](=O)[O-])cc(NCC)n1. The smallest absolute Gasteiger partial charge is 0.276 e. The highest BCUT2D eigenvalue weighted by Crippen LogP contribution is 2.23. The number of anilines is 2. The number of nitro groups is 1. The minimum absolute atomic E-state index is 0.00499. The molecule has 7 nitrogen and oxygen atoms in total. The fourth-order valence-electron chi connectivity index (χ4n) is 1.85. The Morgan fingerprint density at radius 2 is 2.15 bits per heavy atom. The minimum Gasteiger partial charge on any atom is -0.395 e. The molecule has 1 rings (SSSR count). The number of pyridine rings is 1. The average molecular weight is 282 g/mol. The molecule has 0 aliphatic rings. The third kappa shape index (κ3) is 4.65. The monoisotopic (exact) mass is 282 g/mol. The fourth-order valence-corrected chi connectivity index (χ4v) is 1.85. The summed E-state index contributed by atoms with van der Waals surface area (Å²) in [5.74, 6) is 1.01. The Labute approximate surface area is 118 Å². The molecule has 112 valence electrons. The van der Waals surface area contributed by atoms with Gasteiger partial charge in [-0.2, -0.15) is 0 Å². The summed E-state index contributed by atoms with van der Waals surface area (Å²) in [5, 5.41) is 23.1. The number of rotatable bonds is 9. The Hall–Kier alpha value is -1.89. The van der Waals surface area contributed by atoms with Crippen LogP contribution in [0.3, 0.4) is 0 Å². The van der Waals surface area contributed by atoms with Gasteiger partial charge in [-0.25, -0.2) is 4.98 Å². The van der Waals surface area contributed by atoms with Gasteiger partial charge in [0.1, 0.15) is 11.6 Å². The molecule has 2 N–H and O–H groups in total. The molecule has 7 heteroatoms. The molecule has 0 atom stereocenters. The lowest BCUT2D eigenvalue weighted by Gasteiger charge is -2.23. The van der Waals surface area contributed by atoms with Crippen molar-refractivity contribution in [2.75, 3.05) is 36.5 Å². The van der Waals surface area contributed by atoms with Crippen LogP contribution in [0.4, 0.5) is 17.3 Å². The van der Waals surface area contributed by atoms with E-state index in [1.165, 1.54) is 12.1 Å². The maximum atomic E-state index is 11.0. The third-order valence-electron chi connectivity index (χ3n) is 2.84. The average Bonchev–Trinajstić information content (AvgIpc) is 2.43. The molecule has 1 aromatic rings. The number of hydrogen-bond acceptors (Lipinski definition) is 6. The summed E-state index contributed by atoms with van der Waals surface area (Å²) in [4.78, 5) is 16.8. The number of aliphatic hydroxyl groups is 1. The highest BCUT2D eigenvalue weighted by molar-refractivity contribution is 5.55. The molecule has 0 amide bonds. The predicted molar refractivity (Wildman–Crippen MR) is 79.3 cm³/mol. The molecule has 20 heavy (non-hydrogen) atoms. The van der Waals surface area contributed by atoms with Crippen LogP contribution in [0.5, 0.6) is 0 Å². The van der Waals surface area contributed by atoms with Crippen molar-refractivity contribution in [3.63, 3.8) is 0 Å². The molecule has 0 aliphatic carbocycles. The molecule has 0 saturated carbocycles. The summed E-state index contributed by atoms with van der Waals surface area (Å²) in [6.45, 7) is 5.74. The Morgan fingerprint density at radius 3 is 2.70 bits per heavy atom. The van der Waals surface area contributed by atoms with Gasteiger partial charge in [-0.1, -0.05) is 13.3 Å². The lowest BCUT2D eigenvalue weighted by atomic mass is 10.3. The van der Waals surface area contributed by atoms with Crippen molar-refractivity contribution in [1.29, 1.82) is 0 Å². The van der Waals surface area contributed by atoms with E-state index in [0.717, 1.165) is 19.4 Å². The van der Waals surface area contributed by atoms with Crippen LogP contribution in [0.25, 0.3) is 0 Å². The van der Waals surface area contributed by atoms with E-state index in [1.54, 1.807) is 0 Å². The molecular weight excluding hydrogens is 260 g/mol. The first-order chi connectivity index (χ1) is 9.62. The first-order valence-corrected chi connectivity index (χ1v) is 6.88. The molecular formula is C13H22N4O3. The van der Waals surface area contributed by atoms with Gasteiger partial charge < -0.3 is 15.3 Å². The van der Waals surface area contributed by atoms with Crippen LogP contribution < -0.4 is 10.2 Å². The number of unbranched alkanes of at least 4 members (excludes halogenated alkanes) is 1. The van der Waals surface area contributed by atoms with E-state index < -0.39 is 4.92 Å². The van der Waals surface area contributed by atoms with Crippen LogP contribution in [0.15, 0.2) is 12.1 Å². The molecule has 0 aliphatic heterocycles. The molecule has 0 radical (unpaired) electrons. The van der Waals surface area contributed by atoms with Gasteiger partial charge in [0.2, 0.25) is 0 Å². The van der Waals surface area contributed by atoms with Gasteiger partial charge in [0, 0.05) is 19.6 Å². The second kappa shape index (κ2) is 8.31. The largest absolute Gasteiger partial charge is 0.395 e. The molecule has 1 heterocycles. The summed E-state index contributed by atoms with van der Waals surface area (Å²) in [6.07, 6.45) is 1.96. The lowest BCUT2D eigenvalue weighted by Crippen LogP contribution is -2.28. The van der Waals surface area contributed by atoms with Crippen LogP contribution in [0, 0.1) is 10.1 Å². The van der Waals surface area contributed by atoms with E-state index in [4.69, 9.17) is 5.11 Å². The second-order valence-electron chi connectivity index (χ2n) is 4.42. The number of nitrogens with one attached hydrogen (secondary N) is 1. The Morgan fingerprint density at radius 1 is 1.40 bits per heavy atom. The molecule has 0 bridgehead atoms. The van der Waals surface area contributed by atoms with E-state index in [1.807, 2.05) is 11.8 Å². The number of hydrogen-bond donors (Lipinski definition) is 2. The van der Waals surface area contributed by atoms with Crippen molar-refractivity contribution in [1.82, 2.24) is 4.98 Å². The summed E-state index contributed by atoms with van der Waals surface area (Å²) >= 11 is 0. The first-order valence-electron chi connectivity index (χ1n) is 6.88. The van der Waals surface area contributed by atoms with Gasteiger partial charge in [0.25, 0.3) is 5.69 Å². The quantitative estimate of drug-likeness (QED) is 0.532. The summed E-state index contributed by atoms with van der Waals surface area (Å²) in [7, 11) is 0. The maximum Gasteiger partial charge on any atom is 0.276 e. The zero-order chi connectivity index (χ0) is 15.0. The van der Waals surface area contributed by atoms with Gasteiger partial charge >= 0.3 is 0 Å². The molecule has 0 spiro atoms. The van der Waals surface area contributed by atoms with E-state index in [0.29, 0.717) is 24.7 Å². The highest BCUT2D eigenvalue weighted by atomic mass is 16.6. The maximum absolute atomic E-state index is 11.0. The normalized spacial score (nSPS) is 10.3. The summed E-state index contributed by atoms with van der Waals surface area (Å²) in [6, 6.07) is 2.87. The number of nitrogens with zero attached hydrogens (tertiary/aromatic N) is 3. The van der Waals surface area contributed by atoms with Crippen LogP contribution >= 0.6 is 0 Å². The van der Waals surface area contributed by atoms with Gasteiger partial charge in [0.05, 0.1) is 23.7 Å². The zero-order valence-corrected chi connectivity index (χ0v) is 12.0. The number of aliphatic hydroxyl groups excluding tert-OH is 1. The van der Waals surface area contributed by atoms with Crippen LogP contribution in [-0.2, 0) is 0 Å². The summed E-state index contributed by atoms with van der Waals surface area (Å²) in [5.41, 5.74) is 0.00499. The first kappa shape index (κ1) is 16.2. The van der Waals surface area contributed by atoms with Crippen molar-refractivity contribution >= 4 is 17.3 Å². The highest BCUT2D eigenvalue weighted by Gasteiger charge is 2.15.